The van der Waals surface area contributed by atoms with E-state index in [1.807, 2.05) is 24.3 Å². The maximum absolute atomic E-state index is 12.9. The van der Waals surface area contributed by atoms with E-state index < -0.39 is 10.8 Å². The molecule has 1 aromatic heterocycles. The van der Waals surface area contributed by atoms with E-state index in [4.69, 9.17) is 16.3 Å². The molecule has 0 bridgehead atoms. The molecule has 0 saturated carbocycles. The normalized spacial score (nSPS) is 22.3. The fourth-order valence-corrected chi connectivity index (χ4v) is 5.79. The molecule has 4 atom stereocenters. The summed E-state index contributed by atoms with van der Waals surface area (Å²) >= 11 is 6.26. The van der Waals surface area contributed by atoms with Crippen LogP contribution < -0.4 is 5.32 Å². The number of carbonyl (C=O) groups is 1. The van der Waals surface area contributed by atoms with Crippen LogP contribution in [-0.2, 0) is 33.2 Å². The average Bonchev–Trinajstić information content (AvgIpc) is 3.20. The zero-order valence-electron chi connectivity index (χ0n) is 20.0. The molecule has 2 aromatic rings. The van der Waals surface area contributed by atoms with Gasteiger partial charge < -0.3 is 10.1 Å². The van der Waals surface area contributed by atoms with Gasteiger partial charge in [-0.2, -0.15) is 0 Å². The first kappa shape index (κ1) is 25.3. The minimum absolute atomic E-state index is 0.0271. The Hall–Kier alpha value is -1.83. The summed E-state index contributed by atoms with van der Waals surface area (Å²) in [4.78, 5) is 22.6. The molecule has 184 valence electrons. The predicted octanol–water partition coefficient (Wildman–Crippen LogP) is 5.31. The number of rotatable bonds is 8. The Labute approximate surface area is 209 Å². The molecule has 0 radical (unpaired) electrons. The molecule has 1 saturated heterocycles. The number of halogens is 1. The Morgan fingerprint density at radius 1 is 1.24 bits per heavy atom. The van der Waals surface area contributed by atoms with Gasteiger partial charge in [0.1, 0.15) is 11.6 Å². The van der Waals surface area contributed by atoms with Crippen LogP contribution in [0.5, 0.6) is 0 Å². The van der Waals surface area contributed by atoms with Crippen molar-refractivity contribution in [2.24, 2.45) is 11.8 Å². The van der Waals surface area contributed by atoms with Gasteiger partial charge in [-0.1, -0.05) is 18.6 Å². The van der Waals surface area contributed by atoms with E-state index in [0.717, 1.165) is 79.1 Å². The third kappa shape index (κ3) is 6.43. The van der Waals surface area contributed by atoms with Gasteiger partial charge in [-0.3, -0.25) is 9.00 Å². The van der Waals surface area contributed by atoms with Crippen molar-refractivity contribution in [1.29, 1.82) is 0 Å². The summed E-state index contributed by atoms with van der Waals surface area (Å²) in [6, 6.07) is 7.76. The van der Waals surface area contributed by atoms with Gasteiger partial charge in [0.25, 0.3) is 0 Å². The summed E-state index contributed by atoms with van der Waals surface area (Å²) in [7, 11) is -1.03. The fraction of sp³-hybridized carbons (Fsp3) is 0.577. The summed E-state index contributed by atoms with van der Waals surface area (Å²) in [5.74, 6) is 1.66. The first-order chi connectivity index (χ1) is 16.4. The molecule has 1 aromatic carbocycles. The molecule has 8 heteroatoms. The molecule has 34 heavy (non-hydrogen) atoms. The van der Waals surface area contributed by atoms with Crippen molar-refractivity contribution < 1.29 is 13.7 Å². The van der Waals surface area contributed by atoms with Crippen LogP contribution in [0.15, 0.2) is 29.2 Å². The lowest BCUT2D eigenvalue weighted by Crippen LogP contribution is -2.20. The molecule has 1 N–H and O–H groups in total. The van der Waals surface area contributed by atoms with Gasteiger partial charge in [-0.05, 0) is 80.7 Å². The number of nitrogens with one attached hydrogen (secondary N) is 1. The Morgan fingerprint density at radius 2 is 2.09 bits per heavy atom. The van der Waals surface area contributed by atoms with Crippen molar-refractivity contribution in [1.82, 2.24) is 9.97 Å². The highest BCUT2D eigenvalue weighted by molar-refractivity contribution is 7.84. The average molecular weight is 504 g/mol. The molecule has 2 aliphatic rings. The predicted molar refractivity (Wildman–Crippen MR) is 136 cm³/mol. The van der Waals surface area contributed by atoms with Gasteiger partial charge in [0.15, 0.2) is 0 Å². The summed E-state index contributed by atoms with van der Waals surface area (Å²) in [6.07, 6.45) is 8.81. The third-order valence-corrected chi connectivity index (χ3v) is 8.13. The molecule has 2 heterocycles. The minimum atomic E-state index is -1.03. The highest BCUT2D eigenvalue weighted by Gasteiger charge is 2.29. The number of ether oxygens (including phenoxy) is 1. The number of carbonyl (C=O) groups excluding carboxylic acids is 1. The molecule has 4 unspecified atom stereocenters. The van der Waals surface area contributed by atoms with E-state index in [9.17, 15) is 9.00 Å². The Balaban J connectivity index is 1.39. The number of Topliss-reactive ketones (excluding diaryl/α,β-unsaturated/α-hetero) is 1. The number of aromatic nitrogens is 2. The SMILES string of the molecule is CC(Nc1nc(Cl)nc2c1CC(CCC(=O)C1CCCCOCC1)C2)c1cccc(S(C)=O)c1. The number of anilines is 1. The van der Waals surface area contributed by atoms with Crippen LogP contribution in [0.1, 0.15) is 68.3 Å². The maximum Gasteiger partial charge on any atom is 0.224 e. The van der Waals surface area contributed by atoms with E-state index in [-0.39, 0.29) is 17.2 Å². The molecule has 1 fully saturated rings. The van der Waals surface area contributed by atoms with Crippen molar-refractivity contribution in [3.05, 3.63) is 46.4 Å². The zero-order valence-corrected chi connectivity index (χ0v) is 21.6. The number of benzene rings is 1. The molecule has 0 amide bonds. The van der Waals surface area contributed by atoms with Crippen LogP contribution in [-0.4, -0.2) is 39.4 Å². The Bertz CT molecular complexity index is 1040. The lowest BCUT2D eigenvalue weighted by atomic mass is 9.88. The summed E-state index contributed by atoms with van der Waals surface area (Å²) < 4.78 is 17.5. The standard InChI is InChI=1S/C26H34ClN3O3S/c1-17(20-7-5-8-21(16-20)34(2)32)28-25-22-14-18(15-23(22)29-26(27)30-25)9-10-24(31)19-6-3-4-12-33-13-11-19/h5,7-8,16-19H,3-4,6,9-15H2,1-2H3,(H,28,29,30). The monoisotopic (exact) mass is 503 g/mol. The van der Waals surface area contributed by atoms with Crippen molar-refractivity contribution in [3.63, 3.8) is 0 Å². The number of nitrogens with zero attached hydrogens (tertiary/aromatic N) is 2. The van der Waals surface area contributed by atoms with Gasteiger partial charge in [0.05, 0.1) is 5.69 Å². The Kier molecular flexibility index (Phi) is 8.72. The first-order valence-corrected chi connectivity index (χ1v) is 14.2. The van der Waals surface area contributed by atoms with Gasteiger partial charge in [0, 0.05) is 59.1 Å². The smallest absolute Gasteiger partial charge is 0.224 e. The van der Waals surface area contributed by atoms with E-state index in [1.54, 1.807) is 6.26 Å². The Morgan fingerprint density at radius 3 is 2.91 bits per heavy atom. The third-order valence-electron chi connectivity index (χ3n) is 7.04. The number of ketones is 1. The van der Waals surface area contributed by atoms with Crippen LogP contribution in [0.25, 0.3) is 0 Å². The van der Waals surface area contributed by atoms with Gasteiger partial charge >= 0.3 is 0 Å². The maximum atomic E-state index is 12.9. The molecule has 1 aliphatic heterocycles. The lowest BCUT2D eigenvalue weighted by Gasteiger charge is -2.19. The van der Waals surface area contributed by atoms with Crippen molar-refractivity contribution in [3.8, 4) is 0 Å². The van der Waals surface area contributed by atoms with Crippen molar-refractivity contribution in [2.75, 3.05) is 24.8 Å². The van der Waals surface area contributed by atoms with Crippen LogP contribution >= 0.6 is 11.6 Å². The zero-order chi connectivity index (χ0) is 24.1. The van der Waals surface area contributed by atoms with Gasteiger partial charge in [-0.25, -0.2) is 9.97 Å². The van der Waals surface area contributed by atoms with Crippen LogP contribution in [0.3, 0.4) is 0 Å². The van der Waals surface area contributed by atoms with E-state index >= 15 is 0 Å². The summed E-state index contributed by atoms with van der Waals surface area (Å²) in [5.41, 5.74) is 3.12. The van der Waals surface area contributed by atoms with Gasteiger partial charge in [-0.15, -0.1) is 0 Å². The quantitative estimate of drug-likeness (QED) is 0.491. The van der Waals surface area contributed by atoms with Crippen molar-refractivity contribution in [2.45, 2.75) is 69.2 Å². The second-order valence-electron chi connectivity index (χ2n) is 9.53. The minimum Gasteiger partial charge on any atom is -0.381 e. The number of hydrogen-bond acceptors (Lipinski definition) is 6. The number of hydrogen-bond donors (Lipinski definition) is 1. The van der Waals surface area contributed by atoms with Gasteiger partial charge in [0.2, 0.25) is 5.28 Å². The summed E-state index contributed by atoms with van der Waals surface area (Å²) in [5, 5.41) is 3.74. The second kappa shape index (κ2) is 11.7. The molecular formula is C26H34ClN3O3S. The summed E-state index contributed by atoms with van der Waals surface area (Å²) in [6.45, 7) is 3.58. The first-order valence-electron chi connectivity index (χ1n) is 12.3. The molecule has 1 aliphatic carbocycles. The van der Waals surface area contributed by atoms with Crippen LogP contribution in [0.4, 0.5) is 5.82 Å². The van der Waals surface area contributed by atoms with Crippen LogP contribution in [0.2, 0.25) is 5.28 Å². The highest BCUT2D eigenvalue weighted by Crippen LogP contribution is 2.35. The van der Waals surface area contributed by atoms with E-state index in [0.29, 0.717) is 24.7 Å². The van der Waals surface area contributed by atoms with E-state index in [1.165, 1.54) is 0 Å². The van der Waals surface area contributed by atoms with Crippen molar-refractivity contribution >= 4 is 34.0 Å². The highest BCUT2D eigenvalue weighted by atomic mass is 35.5. The topological polar surface area (TPSA) is 81.2 Å². The van der Waals surface area contributed by atoms with E-state index in [2.05, 4.69) is 22.2 Å². The lowest BCUT2D eigenvalue weighted by molar-refractivity contribution is -0.124. The second-order valence-corrected chi connectivity index (χ2v) is 11.2. The number of fused-ring (bicyclic) bond motifs is 1. The molecule has 0 spiro atoms. The fourth-order valence-electron chi connectivity index (χ4n) is 5.03. The molecule has 6 nitrogen and oxygen atoms in total. The molecular weight excluding hydrogens is 470 g/mol. The van der Waals surface area contributed by atoms with Crippen LogP contribution in [0, 0.1) is 11.8 Å². The molecule has 4 rings (SSSR count). The largest absolute Gasteiger partial charge is 0.381 e.